The zero-order chi connectivity index (χ0) is 7.98. The van der Waals surface area contributed by atoms with Crippen LogP contribution in [0.25, 0.3) is 0 Å². The largest absolute Gasteiger partial charge is 0.353 e. The summed E-state index contributed by atoms with van der Waals surface area (Å²) < 4.78 is 10.5. The molecule has 1 radical (unpaired) electrons. The minimum absolute atomic E-state index is 0.0741. The van der Waals surface area contributed by atoms with Gasteiger partial charge in [-0.2, -0.15) is 0 Å². The maximum absolute atomic E-state index is 5.29. The Morgan fingerprint density at radius 2 is 2.00 bits per heavy atom. The number of ether oxygens (including phenoxy) is 2. The van der Waals surface area contributed by atoms with Gasteiger partial charge in [-0.3, -0.25) is 0 Å². The lowest BCUT2D eigenvalue weighted by Gasteiger charge is -2.19. The Labute approximate surface area is 63.5 Å². The van der Waals surface area contributed by atoms with Crippen molar-refractivity contribution in [3.05, 3.63) is 6.61 Å². The van der Waals surface area contributed by atoms with Crippen LogP contribution < -0.4 is 0 Å². The van der Waals surface area contributed by atoms with Crippen molar-refractivity contribution in [3.63, 3.8) is 0 Å². The van der Waals surface area contributed by atoms with Crippen molar-refractivity contribution in [3.8, 4) is 0 Å². The third kappa shape index (κ3) is 3.85. The molecule has 0 amide bonds. The summed E-state index contributed by atoms with van der Waals surface area (Å²) in [5, 5.41) is 0. The van der Waals surface area contributed by atoms with Crippen LogP contribution in [0.5, 0.6) is 0 Å². The second-order valence-corrected chi connectivity index (χ2v) is 2.44. The van der Waals surface area contributed by atoms with Crippen LogP contribution in [0.2, 0.25) is 0 Å². The van der Waals surface area contributed by atoms with Crippen molar-refractivity contribution in [2.24, 2.45) is 5.92 Å². The van der Waals surface area contributed by atoms with E-state index in [1.165, 1.54) is 0 Å². The lowest BCUT2D eigenvalue weighted by atomic mass is 10.2. The minimum Gasteiger partial charge on any atom is -0.353 e. The molecular formula is C8H17O2. The molecule has 0 N–H and O–H groups in total. The Balaban J connectivity index is 3.50. The molecule has 0 aromatic heterocycles. The van der Waals surface area contributed by atoms with E-state index in [2.05, 4.69) is 13.8 Å². The van der Waals surface area contributed by atoms with Crippen LogP contribution in [0.4, 0.5) is 0 Å². The molecule has 61 valence electrons. The predicted octanol–water partition coefficient (Wildman–Crippen LogP) is 2.20. The SMILES string of the molecule is C[CH]OC(OCC)C(C)C. The van der Waals surface area contributed by atoms with Crippen LogP contribution in [0, 0.1) is 12.5 Å². The Hall–Kier alpha value is -0.0800. The molecule has 0 heterocycles. The molecule has 0 aliphatic heterocycles. The first kappa shape index (κ1) is 9.92. The second kappa shape index (κ2) is 5.69. The van der Waals surface area contributed by atoms with Gasteiger partial charge >= 0.3 is 0 Å². The first-order chi connectivity index (χ1) is 4.72. The van der Waals surface area contributed by atoms with E-state index in [0.29, 0.717) is 12.5 Å². The lowest BCUT2D eigenvalue weighted by molar-refractivity contribution is -0.141. The van der Waals surface area contributed by atoms with Gasteiger partial charge in [0.25, 0.3) is 0 Å². The molecule has 0 saturated heterocycles. The summed E-state index contributed by atoms with van der Waals surface area (Å²) in [5.74, 6) is 0.413. The van der Waals surface area contributed by atoms with Crippen molar-refractivity contribution < 1.29 is 9.47 Å². The van der Waals surface area contributed by atoms with E-state index in [1.807, 2.05) is 13.8 Å². The Kier molecular flexibility index (Phi) is 5.64. The van der Waals surface area contributed by atoms with Gasteiger partial charge in [-0.15, -0.1) is 0 Å². The highest BCUT2D eigenvalue weighted by molar-refractivity contribution is 4.51. The summed E-state index contributed by atoms with van der Waals surface area (Å²) in [5.41, 5.74) is 0. The van der Waals surface area contributed by atoms with Gasteiger partial charge in [0.2, 0.25) is 0 Å². The fourth-order valence-corrected chi connectivity index (χ4v) is 0.687. The molecule has 0 aromatic carbocycles. The van der Waals surface area contributed by atoms with Crippen molar-refractivity contribution in [1.82, 2.24) is 0 Å². The molecule has 2 nitrogen and oxygen atoms in total. The number of rotatable bonds is 5. The van der Waals surface area contributed by atoms with Gasteiger partial charge in [0.05, 0.1) is 6.61 Å². The summed E-state index contributed by atoms with van der Waals surface area (Å²) in [6.45, 7) is 10.3. The topological polar surface area (TPSA) is 18.5 Å². The second-order valence-electron chi connectivity index (χ2n) is 2.44. The molecule has 0 aromatic rings. The highest BCUT2D eigenvalue weighted by Gasteiger charge is 2.11. The molecule has 0 fully saturated rings. The van der Waals surface area contributed by atoms with E-state index < -0.39 is 0 Å². The van der Waals surface area contributed by atoms with Crippen LogP contribution in [-0.4, -0.2) is 12.9 Å². The molecule has 0 spiro atoms. The van der Waals surface area contributed by atoms with Crippen molar-refractivity contribution >= 4 is 0 Å². The highest BCUT2D eigenvalue weighted by atomic mass is 16.7. The molecule has 0 aliphatic rings. The first-order valence-electron chi connectivity index (χ1n) is 3.77. The van der Waals surface area contributed by atoms with Crippen LogP contribution >= 0.6 is 0 Å². The zero-order valence-electron chi connectivity index (χ0n) is 7.26. The van der Waals surface area contributed by atoms with E-state index in [-0.39, 0.29) is 6.29 Å². The van der Waals surface area contributed by atoms with E-state index in [4.69, 9.17) is 9.47 Å². The Morgan fingerprint density at radius 1 is 1.40 bits per heavy atom. The van der Waals surface area contributed by atoms with Crippen molar-refractivity contribution in [1.29, 1.82) is 0 Å². The molecule has 2 heteroatoms. The van der Waals surface area contributed by atoms with Crippen LogP contribution in [0.1, 0.15) is 27.7 Å². The quantitative estimate of drug-likeness (QED) is 0.552. The van der Waals surface area contributed by atoms with E-state index >= 15 is 0 Å². The Bertz CT molecular complexity index is 65.7. The smallest absolute Gasteiger partial charge is 0.160 e. The summed E-state index contributed by atoms with van der Waals surface area (Å²) in [7, 11) is 0. The van der Waals surface area contributed by atoms with Gasteiger partial charge in [0.15, 0.2) is 6.29 Å². The lowest BCUT2D eigenvalue weighted by Crippen LogP contribution is -2.21. The molecule has 10 heavy (non-hydrogen) atoms. The van der Waals surface area contributed by atoms with Gasteiger partial charge in [-0.1, -0.05) is 13.8 Å². The summed E-state index contributed by atoms with van der Waals surface area (Å²) in [4.78, 5) is 0. The molecule has 0 bridgehead atoms. The number of hydrogen-bond acceptors (Lipinski definition) is 2. The Morgan fingerprint density at radius 3 is 2.30 bits per heavy atom. The monoisotopic (exact) mass is 145 g/mol. The number of hydrogen-bond donors (Lipinski definition) is 0. The van der Waals surface area contributed by atoms with E-state index in [1.54, 1.807) is 6.61 Å². The normalized spacial score (nSPS) is 11.4. The summed E-state index contributed by atoms with van der Waals surface area (Å²) >= 11 is 0. The molecule has 0 saturated carbocycles. The third-order valence-electron chi connectivity index (χ3n) is 1.15. The fourth-order valence-electron chi connectivity index (χ4n) is 0.687. The average molecular weight is 145 g/mol. The maximum Gasteiger partial charge on any atom is 0.160 e. The molecule has 0 rings (SSSR count). The van der Waals surface area contributed by atoms with Crippen molar-refractivity contribution in [2.75, 3.05) is 6.61 Å². The van der Waals surface area contributed by atoms with Gasteiger partial charge in [-0.25, -0.2) is 0 Å². The van der Waals surface area contributed by atoms with Gasteiger partial charge in [0, 0.05) is 12.5 Å². The highest BCUT2D eigenvalue weighted by Crippen LogP contribution is 2.08. The van der Waals surface area contributed by atoms with E-state index in [0.717, 1.165) is 0 Å². The third-order valence-corrected chi connectivity index (χ3v) is 1.15. The zero-order valence-corrected chi connectivity index (χ0v) is 7.26. The summed E-state index contributed by atoms with van der Waals surface area (Å²) in [6.07, 6.45) is -0.0741. The van der Waals surface area contributed by atoms with Gasteiger partial charge in [0.1, 0.15) is 0 Å². The average Bonchev–Trinajstić information content (AvgIpc) is 1.87. The van der Waals surface area contributed by atoms with Crippen LogP contribution in [0.15, 0.2) is 0 Å². The molecule has 1 unspecified atom stereocenters. The fraction of sp³-hybridized carbons (Fsp3) is 0.875. The maximum atomic E-state index is 5.29. The van der Waals surface area contributed by atoms with Crippen LogP contribution in [0.3, 0.4) is 0 Å². The minimum atomic E-state index is -0.0741. The van der Waals surface area contributed by atoms with Crippen LogP contribution in [-0.2, 0) is 9.47 Å². The van der Waals surface area contributed by atoms with Crippen molar-refractivity contribution in [2.45, 2.75) is 34.0 Å². The predicted molar refractivity (Wildman–Crippen MR) is 41.3 cm³/mol. The van der Waals surface area contributed by atoms with Gasteiger partial charge in [-0.05, 0) is 13.8 Å². The molecule has 1 atom stereocenters. The van der Waals surface area contributed by atoms with E-state index in [9.17, 15) is 0 Å². The first-order valence-corrected chi connectivity index (χ1v) is 3.77. The summed E-state index contributed by atoms with van der Waals surface area (Å²) in [6, 6.07) is 0. The molecular weight excluding hydrogens is 128 g/mol. The van der Waals surface area contributed by atoms with Gasteiger partial charge < -0.3 is 9.47 Å². The molecule has 0 aliphatic carbocycles. The standard InChI is InChI=1S/C8H17O2/c1-5-9-8(7(3)4)10-6-2/h5,7-8H,6H2,1-4H3.